The largest absolute Gasteiger partial charge is 0.378 e. The van der Waals surface area contributed by atoms with Crippen LogP contribution in [0.1, 0.15) is 31.2 Å². The molecule has 0 amide bonds. The van der Waals surface area contributed by atoms with Crippen LogP contribution in [0.25, 0.3) is 0 Å². The Hall–Kier alpha value is -1.35. The fourth-order valence-corrected chi connectivity index (χ4v) is 3.62. The van der Waals surface area contributed by atoms with E-state index < -0.39 is 5.54 Å². The molecule has 0 aromatic heterocycles. The number of isocyanates is 1. The number of morpholine rings is 1. The topological polar surface area (TPSA) is 41.9 Å². The molecule has 0 spiro atoms. The average Bonchev–Trinajstić information content (AvgIpc) is 2.98. The lowest BCUT2D eigenvalue weighted by atomic mass is 9.87. The van der Waals surface area contributed by atoms with Crippen LogP contribution >= 0.6 is 11.6 Å². The van der Waals surface area contributed by atoms with Gasteiger partial charge in [-0.25, -0.2) is 4.79 Å². The normalized spacial score (nSPS) is 21.1. The third kappa shape index (κ3) is 2.84. The first-order valence-electron chi connectivity index (χ1n) is 7.47. The minimum atomic E-state index is -0.444. The highest BCUT2D eigenvalue weighted by Crippen LogP contribution is 2.46. The van der Waals surface area contributed by atoms with Gasteiger partial charge in [0, 0.05) is 29.4 Å². The van der Waals surface area contributed by atoms with E-state index in [2.05, 4.69) is 9.89 Å². The Bertz CT molecular complexity index is 557. The average molecular weight is 307 g/mol. The maximum Gasteiger partial charge on any atom is 0.235 e. The molecule has 1 saturated heterocycles. The molecule has 2 aliphatic rings. The van der Waals surface area contributed by atoms with Gasteiger partial charge < -0.3 is 9.64 Å². The summed E-state index contributed by atoms with van der Waals surface area (Å²) in [5, 5.41) is 0.689. The number of carbonyl (C=O) groups excluding carboxylic acids is 1. The van der Waals surface area contributed by atoms with E-state index in [-0.39, 0.29) is 0 Å². The van der Waals surface area contributed by atoms with Crippen molar-refractivity contribution in [2.45, 2.75) is 31.2 Å². The summed E-state index contributed by atoms with van der Waals surface area (Å²) in [6.07, 6.45) is 5.73. The molecule has 0 atom stereocenters. The van der Waals surface area contributed by atoms with Crippen LogP contribution < -0.4 is 4.90 Å². The first-order valence-corrected chi connectivity index (χ1v) is 7.85. The lowest BCUT2D eigenvalue weighted by molar-refractivity contribution is 0.122. The van der Waals surface area contributed by atoms with Crippen LogP contribution in [0.4, 0.5) is 5.69 Å². The van der Waals surface area contributed by atoms with Crippen molar-refractivity contribution >= 4 is 23.4 Å². The molecular formula is C16H19ClN2O2. The molecule has 1 aromatic rings. The summed E-state index contributed by atoms with van der Waals surface area (Å²) in [5.41, 5.74) is 1.75. The van der Waals surface area contributed by atoms with E-state index >= 15 is 0 Å². The Morgan fingerprint density at radius 3 is 2.62 bits per heavy atom. The molecule has 1 aliphatic carbocycles. The van der Waals surface area contributed by atoms with Crippen LogP contribution in [0.5, 0.6) is 0 Å². The monoisotopic (exact) mass is 306 g/mol. The van der Waals surface area contributed by atoms with Crippen molar-refractivity contribution in [1.29, 1.82) is 0 Å². The zero-order valence-corrected chi connectivity index (χ0v) is 12.7. The Morgan fingerprint density at radius 1 is 1.24 bits per heavy atom. The zero-order valence-electron chi connectivity index (χ0n) is 12.0. The van der Waals surface area contributed by atoms with E-state index in [1.165, 1.54) is 0 Å². The van der Waals surface area contributed by atoms with E-state index in [0.717, 1.165) is 63.2 Å². The van der Waals surface area contributed by atoms with Crippen molar-refractivity contribution in [3.8, 4) is 0 Å². The van der Waals surface area contributed by atoms with E-state index in [0.29, 0.717) is 5.02 Å². The molecule has 1 aromatic carbocycles. The molecular weight excluding hydrogens is 288 g/mol. The summed E-state index contributed by atoms with van der Waals surface area (Å²) in [4.78, 5) is 17.5. The first-order chi connectivity index (χ1) is 10.2. The summed E-state index contributed by atoms with van der Waals surface area (Å²) in [6, 6.07) is 5.92. The van der Waals surface area contributed by atoms with Crippen LogP contribution in [0.3, 0.4) is 0 Å². The van der Waals surface area contributed by atoms with Gasteiger partial charge >= 0.3 is 0 Å². The molecule has 0 radical (unpaired) electrons. The molecule has 0 unspecified atom stereocenters. The van der Waals surface area contributed by atoms with Crippen LogP contribution in [0.2, 0.25) is 5.02 Å². The summed E-state index contributed by atoms with van der Waals surface area (Å²) in [7, 11) is 0. The van der Waals surface area contributed by atoms with Gasteiger partial charge in [0.15, 0.2) is 0 Å². The molecule has 1 saturated carbocycles. The molecule has 0 N–H and O–H groups in total. The fraction of sp³-hybridized carbons (Fsp3) is 0.562. The second-order valence-corrected chi connectivity index (χ2v) is 6.14. The highest BCUT2D eigenvalue weighted by Gasteiger charge is 2.38. The number of halogens is 1. The Labute approximate surface area is 129 Å². The molecule has 1 heterocycles. The van der Waals surface area contributed by atoms with Gasteiger partial charge in [0.05, 0.1) is 13.2 Å². The maximum absolute atomic E-state index is 11.0. The van der Waals surface area contributed by atoms with E-state index in [4.69, 9.17) is 16.3 Å². The van der Waals surface area contributed by atoms with Crippen molar-refractivity contribution in [3.05, 3.63) is 28.8 Å². The quantitative estimate of drug-likeness (QED) is 0.636. The number of anilines is 1. The van der Waals surface area contributed by atoms with E-state index in [1.54, 1.807) is 6.08 Å². The number of nitrogens with zero attached hydrogens (tertiary/aromatic N) is 2. The van der Waals surface area contributed by atoms with Crippen molar-refractivity contribution in [1.82, 2.24) is 0 Å². The number of hydrogen-bond acceptors (Lipinski definition) is 4. The van der Waals surface area contributed by atoms with Gasteiger partial charge in [0.2, 0.25) is 6.08 Å². The highest BCUT2D eigenvalue weighted by atomic mass is 35.5. The van der Waals surface area contributed by atoms with Crippen LogP contribution in [-0.4, -0.2) is 32.4 Å². The SMILES string of the molecule is O=C=NC1(c2cc(Cl)ccc2N2CCOCC2)CCCC1. The minimum absolute atomic E-state index is 0.444. The molecule has 21 heavy (non-hydrogen) atoms. The minimum Gasteiger partial charge on any atom is -0.378 e. The standard InChI is InChI=1S/C16H19ClN2O2/c17-13-3-4-15(19-7-9-21-10-8-19)14(11-13)16(18-12-20)5-1-2-6-16/h3-4,11H,1-2,5-10H2. The highest BCUT2D eigenvalue weighted by molar-refractivity contribution is 6.30. The second kappa shape index (κ2) is 6.18. The van der Waals surface area contributed by atoms with Crippen molar-refractivity contribution in [2.24, 2.45) is 4.99 Å². The number of aliphatic imine (C=N–C) groups is 1. The van der Waals surface area contributed by atoms with Gasteiger partial charge in [0.25, 0.3) is 0 Å². The summed E-state index contributed by atoms with van der Waals surface area (Å²) in [5.74, 6) is 0. The fourth-order valence-electron chi connectivity index (χ4n) is 3.45. The van der Waals surface area contributed by atoms with Crippen LogP contribution in [-0.2, 0) is 15.1 Å². The zero-order chi connectivity index (χ0) is 14.7. The molecule has 5 heteroatoms. The van der Waals surface area contributed by atoms with Crippen molar-refractivity contribution in [3.63, 3.8) is 0 Å². The molecule has 1 aliphatic heterocycles. The smallest absolute Gasteiger partial charge is 0.235 e. The molecule has 2 fully saturated rings. The van der Waals surface area contributed by atoms with Crippen molar-refractivity contribution < 1.29 is 9.53 Å². The van der Waals surface area contributed by atoms with Crippen LogP contribution in [0, 0.1) is 0 Å². The number of benzene rings is 1. The number of hydrogen-bond donors (Lipinski definition) is 0. The molecule has 0 bridgehead atoms. The van der Waals surface area contributed by atoms with Gasteiger partial charge in [-0.15, -0.1) is 0 Å². The summed E-state index contributed by atoms with van der Waals surface area (Å²) < 4.78 is 5.43. The summed E-state index contributed by atoms with van der Waals surface area (Å²) >= 11 is 6.21. The Balaban J connectivity index is 2.06. The first kappa shape index (κ1) is 14.6. The van der Waals surface area contributed by atoms with Gasteiger partial charge in [-0.3, -0.25) is 0 Å². The van der Waals surface area contributed by atoms with Gasteiger partial charge in [-0.05, 0) is 31.0 Å². The third-order valence-corrected chi connectivity index (χ3v) is 4.74. The van der Waals surface area contributed by atoms with Gasteiger partial charge in [0.1, 0.15) is 5.54 Å². The van der Waals surface area contributed by atoms with Gasteiger partial charge in [-0.1, -0.05) is 24.4 Å². The lowest BCUT2D eigenvalue weighted by Gasteiger charge is -2.34. The summed E-state index contributed by atoms with van der Waals surface area (Å²) in [6.45, 7) is 3.17. The third-order valence-electron chi connectivity index (χ3n) is 4.50. The molecule has 3 rings (SSSR count). The van der Waals surface area contributed by atoms with Gasteiger partial charge in [-0.2, -0.15) is 4.99 Å². The molecule has 4 nitrogen and oxygen atoms in total. The maximum atomic E-state index is 11.0. The number of rotatable bonds is 3. The predicted octanol–water partition coefficient (Wildman–Crippen LogP) is 3.28. The predicted molar refractivity (Wildman–Crippen MR) is 82.8 cm³/mol. The van der Waals surface area contributed by atoms with E-state index in [9.17, 15) is 4.79 Å². The Kier molecular flexibility index (Phi) is 4.29. The molecule has 112 valence electrons. The van der Waals surface area contributed by atoms with E-state index in [1.807, 2.05) is 18.2 Å². The van der Waals surface area contributed by atoms with Crippen LogP contribution in [0.15, 0.2) is 23.2 Å². The lowest BCUT2D eigenvalue weighted by Crippen LogP contribution is -2.38. The van der Waals surface area contributed by atoms with Crippen molar-refractivity contribution in [2.75, 3.05) is 31.2 Å². The second-order valence-electron chi connectivity index (χ2n) is 5.70. The number of ether oxygens (including phenoxy) is 1. The Morgan fingerprint density at radius 2 is 1.95 bits per heavy atom.